The lowest BCUT2D eigenvalue weighted by Crippen LogP contribution is -2.49. The smallest absolute Gasteiger partial charge is 0.327 e. The highest BCUT2D eigenvalue weighted by molar-refractivity contribution is 9.10. The molecule has 0 fully saturated rings. The molecule has 1 atom stereocenters. The van der Waals surface area contributed by atoms with E-state index in [-0.39, 0.29) is 5.56 Å². The Hall–Kier alpha value is -2.32. The summed E-state index contributed by atoms with van der Waals surface area (Å²) in [6.45, 7) is 0. The number of alkyl halides is 3. The molecular weight excluding hydrogens is 449 g/mol. The summed E-state index contributed by atoms with van der Waals surface area (Å²) in [6, 6.07) is 9.45. The summed E-state index contributed by atoms with van der Waals surface area (Å²) in [6.07, 6.45) is -4.91. The van der Waals surface area contributed by atoms with Crippen LogP contribution in [0.5, 0.6) is 0 Å². The molecule has 2 aromatic rings. The molecule has 1 aliphatic heterocycles. The number of Topliss-reactive ketones (excluding diaryl/α,β-unsaturated/α-hetero) is 1. The molecule has 0 spiro atoms. The number of rotatable bonds is 3. The molecule has 4 nitrogen and oxygen atoms in total. The fraction of sp³-hybridized carbons (Fsp3) is 0.111. The molecule has 3 rings (SSSR count). The van der Waals surface area contributed by atoms with Gasteiger partial charge >= 0.3 is 12.2 Å². The number of carbonyl (C=O) groups is 2. The highest BCUT2D eigenvalue weighted by Gasteiger charge is 2.45. The Bertz CT molecular complexity index is 925. The van der Waals surface area contributed by atoms with Gasteiger partial charge in [-0.05, 0) is 42.0 Å². The van der Waals surface area contributed by atoms with Crippen LogP contribution < -0.4 is 10.6 Å². The van der Waals surface area contributed by atoms with E-state index in [2.05, 4.69) is 21.2 Å². The van der Waals surface area contributed by atoms with Crippen molar-refractivity contribution in [3.63, 3.8) is 0 Å². The maximum absolute atomic E-state index is 13.6. The largest absolute Gasteiger partial charge is 0.431 e. The standard InChI is InChI=1S/C18H11BrClF3N2O2/c19-11-5-1-10(2-6-11)15(26)13-14(9-3-7-12(20)8-4-9)24-17(27)25-16(13)18(21,22)23/h1-8,14H,(H2,24,25,27). The van der Waals surface area contributed by atoms with Crippen molar-refractivity contribution in [2.24, 2.45) is 0 Å². The van der Waals surface area contributed by atoms with E-state index in [1.54, 1.807) is 17.4 Å². The molecule has 0 aromatic heterocycles. The van der Waals surface area contributed by atoms with Gasteiger partial charge in [0.15, 0.2) is 5.78 Å². The van der Waals surface area contributed by atoms with E-state index < -0.39 is 35.3 Å². The Kier molecular flexibility index (Phi) is 5.30. The second-order valence-corrected chi connectivity index (χ2v) is 7.06. The van der Waals surface area contributed by atoms with E-state index >= 15 is 0 Å². The average molecular weight is 460 g/mol. The fourth-order valence-corrected chi connectivity index (χ4v) is 3.09. The minimum absolute atomic E-state index is 0.0619. The van der Waals surface area contributed by atoms with Gasteiger partial charge in [0.1, 0.15) is 5.70 Å². The normalized spacial score (nSPS) is 17.4. The number of hydrogen-bond donors (Lipinski definition) is 2. The number of hydrogen-bond acceptors (Lipinski definition) is 2. The maximum Gasteiger partial charge on any atom is 0.431 e. The molecule has 1 heterocycles. The lowest BCUT2D eigenvalue weighted by molar-refractivity contribution is -0.0972. The molecule has 9 heteroatoms. The zero-order valence-corrected chi connectivity index (χ0v) is 15.7. The van der Waals surface area contributed by atoms with Crippen LogP contribution >= 0.6 is 27.5 Å². The van der Waals surface area contributed by atoms with Crippen molar-refractivity contribution in [2.45, 2.75) is 12.2 Å². The van der Waals surface area contributed by atoms with Gasteiger partial charge in [0.2, 0.25) is 0 Å². The summed E-state index contributed by atoms with van der Waals surface area (Å²) in [5.41, 5.74) is -1.60. The fourth-order valence-electron chi connectivity index (χ4n) is 2.69. The van der Waals surface area contributed by atoms with Crippen LogP contribution in [0.3, 0.4) is 0 Å². The first kappa shape index (κ1) is 19.4. The van der Waals surface area contributed by atoms with Crippen molar-refractivity contribution >= 4 is 39.3 Å². The molecule has 0 radical (unpaired) electrons. The summed E-state index contributed by atoms with van der Waals surface area (Å²) >= 11 is 9.04. The van der Waals surface area contributed by atoms with E-state index in [1.807, 2.05) is 0 Å². The zero-order valence-electron chi connectivity index (χ0n) is 13.4. The van der Waals surface area contributed by atoms with Gasteiger partial charge in [0.05, 0.1) is 11.6 Å². The third-order valence-electron chi connectivity index (χ3n) is 3.91. The molecule has 2 aromatic carbocycles. The van der Waals surface area contributed by atoms with Crippen LogP contribution in [0, 0.1) is 0 Å². The topological polar surface area (TPSA) is 58.2 Å². The number of benzene rings is 2. The van der Waals surface area contributed by atoms with Crippen molar-refractivity contribution in [1.29, 1.82) is 0 Å². The SMILES string of the molecule is O=C1NC(C(F)(F)F)=C(C(=O)c2ccc(Br)cc2)C(c2ccc(Cl)cc2)N1. The second kappa shape index (κ2) is 7.36. The highest BCUT2D eigenvalue weighted by atomic mass is 79.9. The highest BCUT2D eigenvalue weighted by Crippen LogP contribution is 2.36. The average Bonchev–Trinajstić information content (AvgIpc) is 2.61. The molecule has 2 N–H and O–H groups in total. The molecule has 1 aliphatic rings. The number of amides is 2. The van der Waals surface area contributed by atoms with Crippen molar-refractivity contribution in [1.82, 2.24) is 10.6 Å². The van der Waals surface area contributed by atoms with Gasteiger partial charge in [0.25, 0.3) is 0 Å². The van der Waals surface area contributed by atoms with E-state index in [0.29, 0.717) is 15.1 Å². The Morgan fingerprint density at radius 1 is 1.04 bits per heavy atom. The molecule has 0 bridgehead atoms. The van der Waals surface area contributed by atoms with Crippen LogP contribution in [-0.2, 0) is 0 Å². The van der Waals surface area contributed by atoms with Gasteiger partial charge in [-0.15, -0.1) is 0 Å². The Morgan fingerprint density at radius 3 is 2.19 bits per heavy atom. The lowest BCUT2D eigenvalue weighted by atomic mass is 9.89. The first-order valence-electron chi connectivity index (χ1n) is 7.61. The van der Waals surface area contributed by atoms with Crippen LogP contribution in [0.15, 0.2) is 64.3 Å². The minimum atomic E-state index is -4.91. The Labute approximate surface area is 165 Å². The van der Waals surface area contributed by atoms with Crippen LogP contribution in [-0.4, -0.2) is 18.0 Å². The van der Waals surface area contributed by atoms with Gasteiger partial charge < -0.3 is 10.6 Å². The molecule has 1 unspecified atom stereocenters. The molecule has 140 valence electrons. The van der Waals surface area contributed by atoms with Gasteiger partial charge in [-0.25, -0.2) is 4.79 Å². The van der Waals surface area contributed by atoms with E-state index in [1.165, 1.54) is 36.4 Å². The summed E-state index contributed by atoms with van der Waals surface area (Å²) in [4.78, 5) is 24.8. The molecular formula is C18H11BrClF3N2O2. The van der Waals surface area contributed by atoms with Gasteiger partial charge in [-0.1, -0.05) is 39.7 Å². The second-order valence-electron chi connectivity index (χ2n) is 5.71. The summed E-state index contributed by atoms with van der Waals surface area (Å²) in [7, 11) is 0. The third-order valence-corrected chi connectivity index (χ3v) is 4.69. The zero-order chi connectivity index (χ0) is 19.8. The monoisotopic (exact) mass is 458 g/mol. The van der Waals surface area contributed by atoms with Crippen molar-refractivity contribution in [2.75, 3.05) is 0 Å². The maximum atomic E-state index is 13.6. The minimum Gasteiger partial charge on any atom is -0.327 e. The number of ketones is 1. The Balaban J connectivity index is 2.18. The van der Waals surface area contributed by atoms with Crippen LogP contribution in [0.2, 0.25) is 5.02 Å². The summed E-state index contributed by atoms with van der Waals surface area (Å²) < 4.78 is 41.4. The van der Waals surface area contributed by atoms with E-state index in [9.17, 15) is 22.8 Å². The molecule has 0 saturated carbocycles. The number of urea groups is 1. The quantitative estimate of drug-likeness (QED) is 0.623. The predicted octanol–water partition coefficient (Wildman–Crippen LogP) is 5.16. The first-order valence-corrected chi connectivity index (χ1v) is 8.78. The van der Waals surface area contributed by atoms with Crippen molar-refractivity contribution in [3.8, 4) is 0 Å². The lowest BCUT2D eigenvalue weighted by Gasteiger charge is -2.30. The molecule has 2 amide bonds. The summed E-state index contributed by atoms with van der Waals surface area (Å²) in [5.74, 6) is -0.845. The van der Waals surface area contributed by atoms with Crippen molar-refractivity contribution < 1.29 is 22.8 Å². The van der Waals surface area contributed by atoms with Gasteiger partial charge in [0, 0.05) is 15.1 Å². The van der Waals surface area contributed by atoms with Crippen LogP contribution in [0.4, 0.5) is 18.0 Å². The number of carbonyl (C=O) groups excluding carboxylic acids is 2. The predicted molar refractivity (Wildman–Crippen MR) is 97.4 cm³/mol. The number of nitrogens with one attached hydrogen (secondary N) is 2. The van der Waals surface area contributed by atoms with Crippen molar-refractivity contribution in [3.05, 3.63) is 80.4 Å². The molecule has 0 saturated heterocycles. The summed E-state index contributed by atoms with van der Waals surface area (Å²) in [5, 5.41) is 4.49. The Morgan fingerprint density at radius 2 is 1.63 bits per heavy atom. The number of allylic oxidation sites excluding steroid dienone is 1. The van der Waals surface area contributed by atoms with Gasteiger partial charge in [-0.3, -0.25) is 4.79 Å². The molecule has 0 aliphatic carbocycles. The first-order chi connectivity index (χ1) is 12.7. The number of halogens is 5. The van der Waals surface area contributed by atoms with Crippen LogP contribution in [0.1, 0.15) is 22.0 Å². The van der Waals surface area contributed by atoms with Crippen LogP contribution in [0.25, 0.3) is 0 Å². The van der Waals surface area contributed by atoms with Gasteiger partial charge in [-0.2, -0.15) is 13.2 Å². The van der Waals surface area contributed by atoms with E-state index in [4.69, 9.17) is 11.6 Å². The third kappa shape index (κ3) is 4.17. The van der Waals surface area contributed by atoms with E-state index in [0.717, 1.165) is 0 Å². The molecule has 27 heavy (non-hydrogen) atoms.